The molecule has 11 nitrogen and oxygen atoms in total. The van der Waals surface area contributed by atoms with Crippen LogP contribution in [0.3, 0.4) is 0 Å². The van der Waals surface area contributed by atoms with Crippen molar-refractivity contribution in [3.63, 3.8) is 0 Å². The lowest BCUT2D eigenvalue weighted by Gasteiger charge is -2.35. The van der Waals surface area contributed by atoms with Crippen LogP contribution in [-0.2, 0) is 24.8 Å². The second kappa shape index (κ2) is 16.1. The molecule has 0 saturated heterocycles. The van der Waals surface area contributed by atoms with Crippen LogP contribution in [0.1, 0.15) is 50.4 Å². The number of nitrogens with one attached hydrogen (secondary N) is 1. The number of sulfonamides is 2. The summed E-state index contributed by atoms with van der Waals surface area (Å²) in [6, 6.07) is 13.0. The first kappa shape index (κ1) is 37.1. The first-order chi connectivity index (χ1) is 22.2. The summed E-state index contributed by atoms with van der Waals surface area (Å²) in [4.78, 5) is 15.9. The number of ether oxygens (including phenoxy) is 2. The second-order valence-corrected chi connectivity index (χ2v) is 17.1. The van der Waals surface area contributed by atoms with Gasteiger partial charge in [-0.25, -0.2) is 16.8 Å². The van der Waals surface area contributed by atoms with Gasteiger partial charge in [0.25, 0.3) is 15.9 Å². The van der Waals surface area contributed by atoms with E-state index in [4.69, 9.17) is 21.1 Å². The van der Waals surface area contributed by atoms with E-state index in [1.807, 2.05) is 13.8 Å². The minimum atomic E-state index is -3.88. The molecule has 258 valence electrons. The Morgan fingerprint density at radius 1 is 1.11 bits per heavy atom. The molecule has 2 heterocycles. The van der Waals surface area contributed by atoms with Gasteiger partial charge in [0.05, 0.1) is 35.3 Å². The zero-order valence-corrected chi connectivity index (χ0v) is 30.0. The van der Waals surface area contributed by atoms with Crippen molar-refractivity contribution < 1.29 is 36.2 Å². The molecule has 0 spiro atoms. The summed E-state index contributed by atoms with van der Waals surface area (Å²) in [5.74, 6) is -0.554. The zero-order valence-electron chi connectivity index (χ0n) is 26.8. The van der Waals surface area contributed by atoms with Crippen molar-refractivity contribution in [1.29, 1.82) is 0 Å². The number of aliphatic hydroxyl groups excluding tert-OH is 1. The molecule has 0 aliphatic carbocycles. The van der Waals surface area contributed by atoms with Crippen LogP contribution in [0.25, 0.3) is 0 Å². The minimum Gasteiger partial charge on any atom is -0.490 e. The Balaban J connectivity index is 1.67. The van der Waals surface area contributed by atoms with E-state index in [1.54, 1.807) is 30.5 Å². The molecule has 1 aliphatic rings. The number of thiophene rings is 1. The number of rotatable bonds is 9. The number of nitrogens with zero attached hydrogens (tertiary/aromatic N) is 2. The molecule has 0 fully saturated rings. The van der Waals surface area contributed by atoms with Gasteiger partial charge in [0, 0.05) is 43.4 Å². The second-order valence-electron chi connectivity index (χ2n) is 11.8. The van der Waals surface area contributed by atoms with Crippen molar-refractivity contribution in [3.05, 3.63) is 70.6 Å². The molecule has 2 aromatic carbocycles. The molecule has 0 saturated carbocycles. The van der Waals surface area contributed by atoms with Crippen molar-refractivity contribution >= 4 is 54.6 Å². The summed E-state index contributed by atoms with van der Waals surface area (Å²) in [5, 5.41) is 12.3. The number of likely N-dealkylation sites (N-methyl/N-ethyl adjacent to an activating group) is 1. The number of carbonyl (C=O) groups is 1. The highest BCUT2D eigenvalue weighted by Crippen LogP contribution is 2.30. The van der Waals surface area contributed by atoms with Crippen molar-refractivity contribution in [2.75, 3.05) is 38.1 Å². The molecule has 4 atom stereocenters. The molecule has 4 rings (SSSR count). The Hall–Kier alpha value is -2.72. The summed E-state index contributed by atoms with van der Waals surface area (Å²) < 4.78 is 69.2. The Labute approximate surface area is 286 Å². The molecular weight excluding hydrogens is 686 g/mol. The molecule has 1 aliphatic heterocycles. The minimum absolute atomic E-state index is 0.0202. The fourth-order valence-electron chi connectivity index (χ4n) is 5.21. The summed E-state index contributed by atoms with van der Waals surface area (Å²) in [6.07, 6.45) is 1.26. The zero-order chi connectivity index (χ0) is 34.4. The van der Waals surface area contributed by atoms with Gasteiger partial charge in [-0.2, -0.15) is 4.31 Å². The van der Waals surface area contributed by atoms with Gasteiger partial charge in [0.15, 0.2) is 0 Å². The topological polar surface area (TPSA) is 143 Å². The number of benzene rings is 2. The largest absolute Gasteiger partial charge is 0.490 e. The third-order valence-electron chi connectivity index (χ3n) is 8.02. The van der Waals surface area contributed by atoms with Crippen LogP contribution in [0.4, 0.5) is 5.69 Å². The van der Waals surface area contributed by atoms with Crippen LogP contribution in [0.15, 0.2) is 69.1 Å². The predicted octanol–water partition coefficient (Wildman–Crippen LogP) is 5.32. The Kier molecular flexibility index (Phi) is 12.7. The Bertz CT molecular complexity index is 1700. The molecular formula is C32H42ClN3O8S3. The molecule has 47 heavy (non-hydrogen) atoms. The van der Waals surface area contributed by atoms with Gasteiger partial charge in [-0.1, -0.05) is 24.6 Å². The highest BCUT2D eigenvalue weighted by atomic mass is 35.5. The number of halogens is 1. The van der Waals surface area contributed by atoms with Gasteiger partial charge in [-0.15, -0.1) is 11.3 Å². The lowest BCUT2D eigenvalue weighted by Crippen LogP contribution is -2.48. The van der Waals surface area contributed by atoms with Gasteiger partial charge >= 0.3 is 0 Å². The van der Waals surface area contributed by atoms with Gasteiger partial charge in [0.1, 0.15) is 9.96 Å². The van der Waals surface area contributed by atoms with E-state index in [1.165, 1.54) is 52.7 Å². The monoisotopic (exact) mass is 727 g/mol. The summed E-state index contributed by atoms with van der Waals surface area (Å²) >= 11 is 7.04. The van der Waals surface area contributed by atoms with Crippen molar-refractivity contribution in [2.45, 2.75) is 67.4 Å². The maximum absolute atomic E-state index is 14.3. The van der Waals surface area contributed by atoms with Crippen LogP contribution in [-0.4, -0.2) is 88.7 Å². The highest BCUT2D eigenvalue weighted by molar-refractivity contribution is 7.94. The van der Waals surface area contributed by atoms with E-state index < -0.39 is 38.1 Å². The van der Waals surface area contributed by atoms with Gasteiger partial charge in [0.2, 0.25) is 10.0 Å². The number of fused-ring (bicyclic) bond motifs is 1. The van der Waals surface area contributed by atoms with Crippen LogP contribution < -0.4 is 9.46 Å². The number of carbonyl (C=O) groups excluding carboxylic acids is 1. The quantitative estimate of drug-likeness (QED) is 0.302. The third-order valence-corrected chi connectivity index (χ3v) is 12.9. The lowest BCUT2D eigenvalue weighted by atomic mass is 10.0. The molecule has 1 aromatic heterocycles. The summed E-state index contributed by atoms with van der Waals surface area (Å²) in [7, 11) is -6.27. The average Bonchev–Trinajstić information content (AvgIpc) is 3.59. The smallest absolute Gasteiger partial charge is 0.271 e. The normalized spacial score (nSPS) is 21.0. The van der Waals surface area contributed by atoms with E-state index in [-0.39, 0.29) is 52.1 Å². The van der Waals surface area contributed by atoms with Crippen molar-refractivity contribution in [3.8, 4) is 5.75 Å². The summed E-state index contributed by atoms with van der Waals surface area (Å²) in [5.41, 5.74) is 0.315. The van der Waals surface area contributed by atoms with Crippen molar-refractivity contribution in [2.24, 2.45) is 5.92 Å². The SMILES string of the molecule is C[C@@H]1CCCCO[C@@H](CN(C)S(=O)(=O)c2ccc(Cl)cc2)[C@H](C)CN([C@@H](C)CO)C(=O)c2cc(NS(=O)(=O)c3cccs3)ccc2O1. The van der Waals surface area contributed by atoms with Gasteiger partial charge in [-0.3, -0.25) is 9.52 Å². The van der Waals surface area contributed by atoms with E-state index in [0.29, 0.717) is 30.2 Å². The van der Waals surface area contributed by atoms with E-state index >= 15 is 0 Å². The van der Waals surface area contributed by atoms with E-state index in [9.17, 15) is 26.7 Å². The molecule has 2 N–H and O–H groups in total. The number of anilines is 1. The maximum Gasteiger partial charge on any atom is 0.271 e. The molecule has 0 radical (unpaired) electrons. The molecule has 1 amide bonds. The average molecular weight is 728 g/mol. The number of hydrogen-bond acceptors (Lipinski definition) is 9. The van der Waals surface area contributed by atoms with Crippen LogP contribution >= 0.6 is 22.9 Å². The molecule has 15 heteroatoms. The lowest BCUT2D eigenvalue weighted by molar-refractivity contribution is -0.00833. The maximum atomic E-state index is 14.3. The van der Waals surface area contributed by atoms with E-state index in [0.717, 1.165) is 17.8 Å². The number of hydrogen-bond donors (Lipinski definition) is 2. The Morgan fingerprint density at radius 3 is 2.49 bits per heavy atom. The van der Waals surface area contributed by atoms with Crippen LogP contribution in [0.5, 0.6) is 5.75 Å². The van der Waals surface area contributed by atoms with Crippen molar-refractivity contribution in [1.82, 2.24) is 9.21 Å². The van der Waals surface area contributed by atoms with Gasteiger partial charge in [-0.05, 0) is 87.0 Å². The predicted molar refractivity (Wildman–Crippen MR) is 183 cm³/mol. The first-order valence-electron chi connectivity index (χ1n) is 15.3. The molecule has 3 aromatic rings. The summed E-state index contributed by atoms with van der Waals surface area (Å²) in [6.45, 7) is 5.63. The highest BCUT2D eigenvalue weighted by Gasteiger charge is 2.32. The number of amides is 1. The standard InChI is InChI=1S/C32H42ClN3O8S3/c1-22-19-36(23(2)21-37)32(38)28-18-26(34-46(39,40)31-9-7-17-45-31)12-15-29(28)44-24(3)8-5-6-16-43-30(22)20-35(4)47(41,42)27-13-10-25(33)11-14-27/h7,9-15,17-18,22-24,30,34,37H,5-6,8,16,19-21H2,1-4H3/t22-,23+,24-,30+/m1/s1. The van der Waals surface area contributed by atoms with Crippen LogP contribution in [0, 0.1) is 5.92 Å². The van der Waals surface area contributed by atoms with Crippen LogP contribution in [0.2, 0.25) is 5.02 Å². The van der Waals surface area contributed by atoms with E-state index in [2.05, 4.69) is 4.72 Å². The Morgan fingerprint density at radius 2 is 1.83 bits per heavy atom. The fraction of sp³-hybridized carbons (Fsp3) is 0.469. The number of aliphatic hydroxyl groups is 1. The fourth-order valence-corrected chi connectivity index (χ4v) is 8.56. The first-order valence-corrected chi connectivity index (χ1v) is 19.5. The molecule has 0 bridgehead atoms. The molecule has 0 unspecified atom stereocenters. The third kappa shape index (κ3) is 9.46. The van der Waals surface area contributed by atoms with Gasteiger partial charge < -0.3 is 19.5 Å².